The summed E-state index contributed by atoms with van der Waals surface area (Å²) in [5.41, 5.74) is 2.78. The number of thiocarbonyl (C=S) groups is 1. The quantitative estimate of drug-likeness (QED) is 0.637. The highest BCUT2D eigenvalue weighted by Crippen LogP contribution is 2.17. The summed E-state index contributed by atoms with van der Waals surface area (Å²) in [4.78, 5) is 12.2. The van der Waals surface area contributed by atoms with Gasteiger partial charge in [-0.3, -0.25) is 4.68 Å². The molecular weight excluding hydrogens is 324 g/mol. The fourth-order valence-electron chi connectivity index (χ4n) is 2.02. The number of carbonyl (C=O) groups is 1. The maximum absolute atomic E-state index is 12.2. The molecule has 0 aliphatic carbocycles. The van der Waals surface area contributed by atoms with E-state index in [1.165, 1.54) is 5.56 Å². The summed E-state index contributed by atoms with van der Waals surface area (Å²) < 4.78 is 6.89. The first-order valence-electron chi connectivity index (χ1n) is 7.82. The Bertz CT molecular complexity index is 723. The van der Waals surface area contributed by atoms with Crippen LogP contribution in [0.4, 0.5) is 11.4 Å². The predicted octanol–water partition coefficient (Wildman–Crippen LogP) is 3.59. The van der Waals surface area contributed by atoms with Crippen molar-refractivity contribution in [3.05, 3.63) is 41.7 Å². The molecule has 0 radical (unpaired) electrons. The van der Waals surface area contributed by atoms with Gasteiger partial charge < -0.3 is 15.4 Å². The average molecular weight is 346 g/mol. The van der Waals surface area contributed by atoms with Gasteiger partial charge in [-0.1, -0.05) is 17.7 Å². The third-order valence-corrected chi connectivity index (χ3v) is 3.38. The molecule has 1 heterocycles. The molecule has 0 bridgehead atoms. The van der Waals surface area contributed by atoms with E-state index in [2.05, 4.69) is 15.7 Å². The molecule has 1 aromatic heterocycles. The zero-order chi connectivity index (χ0) is 17.7. The molecule has 2 aromatic rings. The number of nitrogens with zero attached hydrogens (tertiary/aromatic N) is 2. The van der Waals surface area contributed by atoms with Gasteiger partial charge in [0.15, 0.2) is 10.8 Å². The van der Waals surface area contributed by atoms with Crippen LogP contribution in [-0.2, 0) is 11.3 Å². The largest absolute Gasteiger partial charge is 0.458 e. The van der Waals surface area contributed by atoms with Crippen molar-refractivity contribution in [2.24, 2.45) is 0 Å². The minimum atomic E-state index is -0.474. The van der Waals surface area contributed by atoms with E-state index in [4.69, 9.17) is 17.0 Å². The zero-order valence-corrected chi connectivity index (χ0v) is 15.1. The first kappa shape index (κ1) is 17.9. The molecular formula is C17H22N4O2S. The molecule has 24 heavy (non-hydrogen) atoms. The van der Waals surface area contributed by atoms with Crippen LogP contribution in [0.2, 0.25) is 0 Å². The van der Waals surface area contributed by atoms with Crippen LogP contribution in [0.15, 0.2) is 30.5 Å². The van der Waals surface area contributed by atoms with Gasteiger partial charge in [-0.2, -0.15) is 5.10 Å². The highest BCUT2D eigenvalue weighted by molar-refractivity contribution is 7.80. The molecule has 0 unspecified atom stereocenters. The van der Waals surface area contributed by atoms with Gasteiger partial charge in [-0.15, -0.1) is 0 Å². The van der Waals surface area contributed by atoms with Crippen LogP contribution in [0, 0.1) is 6.92 Å². The van der Waals surface area contributed by atoms with Crippen molar-refractivity contribution in [1.29, 1.82) is 0 Å². The van der Waals surface area contributed by atoms with Gasteiger partial charge in [0.2, 0.25) is 0 Å². The molecule has 0 spiro atoms. The normalized spacial score (nSPS) is 10.5. The van der Waals surface area contributed by atoms with Gasteiger partial charge in [0.1, 0.15) is 0 Å². The van der Waals surface area contributed by atoms with Gasteiger partial charge in [0.05, 0.1) is 11.8 Å². The minimum Gasteiger partial charge on any atom is -0.458 e. The number of carbonyl (C=O) groups excluding carboxylic acids is 1. The molecule has 0 saturated heterocycles. The van der Waals surface area contributed by atoms with Crippen molar-refractivity contribution in [2.45, 2.75) is 40.3 Å². The van der Waals surface area contributed by atoms with Gasteiger partial charge in [-0.05, 0) is 52.0 Å². The summed E-state index contributed by atoms with van der Waals surface area (Å²) >= 11 is 5.32. The zero-order valence-electron chi connectivity index (χ0n) is 14.3. The molecule has 2 N–H and O–H groups in total. The molecule has 7 heteroatoms. The lowest BCUT2D eigenvalue weighted by Crippen LogP contribution is -2.21. The number of hydrogen-bond acceptors (Lipinski definition) is 4. The first-order valence-corrected chi connectivity index (χ1v) is 8.23. The summed E-state index contributed by atoms with van der Waals surface area (Å²) in [6.07, 6.45) is 1.52. The van der Waals surface area contributed by atoms with Crippen molar-refractivity contribution in [2.75, 3.05) is 10.6 Å². The highest BCUT2D eigenvalue weighted by Gasteiger charge is 2.20. The van der Waals surface area contributed by atoms with Crippen LogP contribution < -0.4 is 10.6 Å². The molecule has 0 fully saturated rings. The maximum Gasteiger partial charge on any atom is 0.361 e. The first-order chi connectivity index (χ1) is 11.4. The molecule has 0 aliphatic rings. The topological polar surface area (TPSA) is 68.2 Å². The Balaban J connectivity index is 2.12. The van der Waals surface area contributed by atoms with Crippen molar-refractivity contribution in [3.8, 4) is 0 Å². The van der Waals surface area contributed by atoms with Crippen LogP contribution in [-0.4, -0.2) is 27.0 Å². The summed E-state index contributed by atoms with van der Waals surface area (Å²) in [7, 11) is 0. The molecule has 1 aromatic carbocycles. The number of aromatic nitrogens is 2. The van der Waals surface area contributed by atoms with Crippen molar-refractivity contribution >= 4 is 34.7 Å². The highest BCUT2D eigenvalue weighted by atomic mass is 32.1. The third kappa shape index (κ3) is 4.79. The predicted molar refractivity (Wildman–Crippen MR) is 99.5 cm³/mol. The number of nitrogens with one attached hydrogen (secondary N) is 2. The number of aryl methyl sites for hydroxylation is 2. The van der Waals surface area contributed by atoms with E-state index >= 15 is 0 Å². The molecule has 2 rings (SSSR count). The second kappa shape index (κ2) is 7.92. The SMILES string of the molecule is CCn1cc(NC(=S)Nc2ccc(C)cc2)c(C(=O)OC(C)C)n1. The molecule has 6 nitrogen and oxygen atoms in total. The van der Waals surface area contributed by atoms with E-state index in [-0.39, 0.29) is 11.8 Å². The molecule has 0 atom stereocenters. The lowest BCUT2D eigenvalue weighted by atomic mass is 10.2. The van der Waals surface area contributed by atoms with E-state index in [1.807, 2.05) is 38.1 Å². The second-order valence-corrected chi connectivity index (χ2v) is 6.05. The van der Waals surface area contributed by atoms with E-state index in [1.54, 1.807) is 24.7 Å². The minimum absolute atomic E-state index is 0.213. The van der Waals surface area contributed by atoms with E-state index in [0.717, 1.165) is 5.69 Å². The van der Waals surface area contributed by atoms with Gasteiger partial charge >= 0.3 is 5.97 Å². The van der Waals surface area contributed by atoms with Gasteiger partial charge in [-0.25, -0.2) is 4.79 Å². The third-order valence-electron chi connectivity index (χ3n) is 3.18. The Labute approximate surface area is 147 Å². The molecule has 128 valence electrons. The second-order valence-electron chi connectivity index (χ2n) is 5.65. The number of ether oxygens (including phenoxy) is 1. The Morgan fingerprint density at radius 3 is 2.54 bits per heavy atom. The standard InChI is InChI=1S/C17H22N4O2S/c1-5-21-10-14(15(20-21)16(22)23-11(2)3)19-17(24)18-13-8-6-12(4)7-9-13/h6-11H,5H2,1-4H3,(H2,18,19,24). The van der Waals surface area contributed by atoms with E-state index in [9.17, 15) is 4.79 Å². The van der Waals surface area contributed by atoms with Crippen molar-refractivity contribution in [3.63, 3.8) is 0 Å². The smallest absolute Gasteiger partial charge is 0.361 e. The van der Waals surface area contributed by atoms with E-state index < -0.39 is 5.97 Å². The fraction of sp³-hybridized carbons (Fsp3) is 0.353. The van der Waals surface area contributed by atoms with Crippen LogP contribution in [0.5, 0.6) is 0 Å². The monoisotopic (exact) mass is 346 g/mol. The Kier molecular flexibility index (Phi) is 5.92. The maximum atomic E-state index is 12.2. The average Bonchev–Trinajstić information content (AvgIpc) is 2.92. The number of benzene rings is 1. The Morgan fingerprint density at radius 1 is 1.29 bits per heavy atom. The Hall–Kier alpha value is -2.41. The molecule has 0 saturated carbocycles. The Morgan fingerprint density at radius 2 is 1.96 bits per heavy atom. The van der Waals surface area contributed by atoms with Crippen LogP contribution >= 0.6 is 12.2 Å². The van der Waals surface area contributed by atoms with Crippen LogP contribution in [0.3, 0.4) is 0 Å². The molecule has 0 amide bonds. The number of hydrogen-bond donors (Lipinski definition) is 2. The number of rotatable bonds is 5. The number of esters is 1. The van der Waals surface area contributed by atoms with Crippen LogP contribution in [0.1, 0.15) is 36.8 Å². The summed E-state index contributed by atoms with van der Waals surface area (Å²) in [6.45, 7) is 8.20. The van der Waals surface area contributed by atoms with Gasteiger partial charge in [0.25, 0.3) is 0 Å². The van der Waals surface area contributed by atoms with Crippen molar-refractivity contribution < 1.29 is 9.53 Å². The van der Waals surface area contributed by atoms with Crippen LogP contribution in [0.25, 0.3) is 0 Å². The lowest BCUT2D eigenvalue weighted by Gasteiger charge is -2.11. The van der Waals surface area contributed by atoms with Crippen molar-refractivity contribution in [1.82, 2.24) is 9.78 Å². The summed E-state index contributed by atoms with van der Waals surface area (Å²) in [5, 5.41) is 10.7. The summed E-state index contributed by atoms with van der Waals surface area (Å²) in [6, 6.07) is 7.86. The number of anilines is 2. The summed E-state index contributed by atoms with van der Waals surface area (Å²) in [5.74, 6) is -0.474. The molecule has 0 aliphatic heterocycles. The fourth-order valence-corrected chi connectivity index (χ4v) is 2.24. The lowest BCUT2D eigenvalue weighted by molar-refractivity contribution is 0.0371. The van der Waals surface area contributed by atoms with Gasteiger partial charge in [0, 0.05) is 18.4 Å². The van der Waals surface area contributed by atoms with E-state index in [0.29, 0.717) is 17.3 Å².